The molecule has 2 aliphatic rings. The van der Waals surface area contributed by atoms with Gasteiger partial charge in [-0.3, -0.25) is 4.79 Å². The van der Waals surface area contributed by atoms with Crippen molar-refractivity contribution < 1.29 is 9.53 Å². The molecule has 4 heterocycles. The highest BCUT2D eigenvalue weighted by Gasteiger charge is 2.32. The lowest BCUT2D eigenvalue weighted by atomic mass is 9.95. The van der Waals surface area contributed by atoms with Crippen LogP contribution in [0.15, 0.2) is 23.3 Å². The number of aromatic nitrogens is 3. The number of thiazole rings is 1. The molecule has 2 aromatic heterocycles. The summed E-state index contributed by atoms with van der Waals surface area (Å²) in [7, 11) is 0. The van der Waals surface area contributed by atoms with E-state index in [9.17, 15) is 4.79 Å². The fraction of sp³-hybridized carbons (Fsp3) is 0.588. The molecule has 6 nitrogen and oxygen atoms in total. The molecule has 0 aliphatic carbocycles. The topological polar surface area (TPSA) is 60.2 Å². The highest BCUT2D eigenvalue weighted by Crippen LogP contribution is 2.28. The maximum absolute atomic E-state index is 12.4. The number of rotatable bonds is 4. The summed E-state index contributed by atoms with van der Waals surface area (Å²) in [5.74, 6) is 1.70. The largest absolute Gasteiger partial charge is 0.368 e. The van der Waals surface area contributed by atoms with Crippen LogP contribution in [-0.2, 0) is 16.1 Å². The van der Waals surface area contributed by atoms with E-state index in [1.54, 1.807) is 11.3 Å². The van der Waals surface area contributed by atoms with Crippen LogP contribution in [0.4, 0.5) is 0 Å². The quantitative estimate of drug-likeness (QED) is 0.852. The maximum atomic E-state index is 12.4. The molecule has 1 unspecified atom stereocenters. The average Bonchev–Trinajstić information content (AvgIpc) is 3.37. The zero-order valence-corrected chi connectivity index (χ0v) is 14.5. The number of likely N-dealkylation sites (tertiary alicyclic amines) is 1. The van der Waals surface area contributed by atoms with E-state index >= 15 is 0 Å². The molecule has 2 saturated heterocycles. The van der Waals surface area contributed by atoms with Crippen LogP contribution < -0.4 is 0 Å². The van der Waals surface area contributed by atoms with Crippen molar-refractivity contribution in [2.45, 2.75) is 44.2 Å². The molecule has 0 bridgehead atoms. The zero-order chi connectivity index (χ0) is 16.4. The molecule has 128 valence electrons. The van der Waals surface area contributed by atoms with Gasteiger partial charge in [0.25, 0.3) is 5.91 Å². The van der Waals surface area contributed by atoms with Gasteiger partial charge in [-0.05, 0) is 25.7 Å². The van der Waals surface area contributed by atoms with Crippen molar-refractivity contribution in [2.75, 3.05) is 19.7 Å². The van der Waals surface area contributed by atoms with Gasteiger partial charge >= 0.3 is 0 Å². The summed E-state index contributed by atoms with van der Waals surface area (Å²) >= 11 is 1.62. The fourth-order valence-corrected chi connectivity index (χ4v) is 4.19. The van der Waals surface area contributed by atoms with Gasteiger partial charge in [-0.15, -0.1) is 11.3 Å². The van der Waals surface area contributed by atoms with Gasteiger partial charge in [-0.2, -0.15) is 0 Å². The molecular weight excluding hydrogens is 324 g/mol. The van der Waals surface area contributed by atoms with Gasteiger partial charge in [0.05, 0.1) is 17.7 Å². The summed E-state index contributed by atoms with van der Waals surface area (Å²) in [5.41, 5.74) is 2.94. The summed E-state index contributed by atoms with van der Waals surface area (Å²) in [6.45, 7) is 3.09. The predicted octanol–water partition coefficient (Wildman–Crippen LogP) is 2.27. The Hall–Kier alpha value is -1.73. The normalized spacial score (nSPS) is 22.2. The van der Waals surface area contributed by atoms with E-state index in [0.717, 1.165) is 63.4 Å². The van der Waals surface area contributed by atoms with Crippen molar-refractivity contribution in [2.24, 2.45) is 0 Å². The van der Waals surface area contributed by atoms with E-state index in [2.05, 4.69) is 19.9 Å². The third-order valence-electron chi connectivity index (χ3n) is 4.94. The fourth-order valence-electron chi connectivity index (χ4n) is 3.64. The van der Waals surface area contributed by atoms with Crippen LogP contribution in [0.3, 0.4) is 0 Å². The van der Waals surface area contributed by atoms with Crippen molar-refractivity contribution in [3.63, 3.8) is 0 Å². The molecule has 4 rings (SSSR count). The van der Waals surface area contributed by atoms with E-state index < -0.39 is 0 Å². The zero-order valence-electron chi connectivity index (χ0n) is 13.6. The number of hydrogen-bond donors (Lipinski definition) is 0. The lowest BCUT2D eigenvalue weighted by Gasteiger charge is -2.33. The smallest absolute Gasteiger partial charge is 0.251 e. The van der Waals surface area contributed by atoms with Crippen molar-refractivity contribution in [3.8, 4) is 0 Å². The van der Waals surface area contributed by atoms with Gasteiger partial charge in [-0.25, -0.2) is 9.97 Å². The van der Waals surface area contributed by atoms with E-state index in [0.29, 0.717) is 5.92 Å². The van der Waals surface area contributed by atoms with Gasteiger partial charge in [0, 0.05) is 43.4 Å². The molecule has 0 aromatic carbocycles. The van der Waals surface area contributed by atoms with Crippen LogP contribution in [0, 0.1) is 0 Å². The highest BCUT2D eigenvalue weighted by molar-refractivity contribution is 7.07. The SMILES string of the molecule is O=C(C1CCCO1)N1CCC(c2nccn2Cc2cscn2)CC1. The molecule has 0 radical (unpaired) electrons. The van der Waals surface area contributed by atoms with Gasteiger partial charge in [0.1, 0.15) is 11.9 Å². The number of hydrogen-bond acceptors (Lipinski definition) is 5. The first kappa shape index (κ1) is 15.8. The number of ether oxygens (including phenoxy) is 1. The molecule has 0 spiro atoms. The third kappa shape index (κ3) is 3.23. The Kier molecular flexibility index (Phi) is 4.62. The molecule has 7 heteroatoms. The molecule has 2 fully saturated rings. The number of carbonyl (C=O) groups excluding carboxylic acids is 1. The van der Waals surface area contributed by atoms with E-state index in [1.807, 2.05) is 22.8 Å². The molecule has 1 amide bonds. The van der Waals surface area contributed by atoms with E-state index in [1.165, 1.54) is 0 Å². The van der Waals surface area contributed by atoms with Gasteiger partial charge in [0.2, 0.25) is 0 Å². The minimum absolute atomic E-state index is 0.178. The van der Waals surface area contributed by atoms with E-state index in [4.69, 9.17) is 4.74 Å². The lowest BCUT2D eigenvalue weighted by molar-refractivity contribution is -0.142. The Morgan fingerprint density at radius 3 is 2.88 bits per heavy atom. The summed E-state index contributed by atoms with van der Waals surface area (Å²) in [6.07, 6.45) is 7.49. The summed E-state index contributed by atoms with van der Waals surface area (Å²) in [5, 5.41) is 2.08. The average molecular weight is 346 g/mol. The lowest BCUT2D eigenvalue weighted by Crippen LogP contribution is -2.43. The standard InChI is InChI=1S/C17H22N4O2S/c22-17(15-2-1-9-23-15)20-6-3-13(4-7-20)16-18-5-8-21(16)10-14-11-24-12-19-14/h5,8,11-13,15H,1-4,6-7,9-10H2. The minimum atomic E-state index is -0.201. The summed E-state index contributed by atoms with van der Waals surface area (Å²) in [6, 6.07) is 0. The maximum Gasteiger partial charge on any atom is 0.251 e. The molecule has 24 heavy (non-hydrogen) atoms. The number of piperidine rings is 1. The van der Waals surface area contributed by atoms with Crippen molar-refractivity contribution >= 4 is 17.2 Å². The summed E-state index contributed by atoms with van der Waals surface area (Å²) < 4.78 is 7.72. The van der Waals surface area contributed by atoms with Crippen LogP contribution >= 0.6 is 11.3 Å². The number of nitrogens with zero attached hydrogens (tertiary/aromatic N) is 4. The molecule has 1 atom stereocenters. The Morgan fingerprint density at radius 1 is 1.29 bits per heavy atom. The Balaban J connectivity index is 1.37. The van der Waals surface area contributed by atoms with Crippen LogP contribution in [0.1, 0.15) is 43.1 Å². The first-order chi connectivity index (χ1) is 11.8. The first-order valence-corrected chi connectivity index (χ1v) is 9.54. The molecule has 2 aliphatic heterocycles. The van der Waals surface area contributed by atoms with Crippen molar-refractivity contribution in [1.82, 2.24) is 19.4 Å². The molecular formula is C17H22N4O2S. The van der Waals surface area contributed by atoms with Crippen LogP contribution in [0.25, 0.3) is 0 Å². The predicted molar refractivity (Wildman–Crippen MR) is 91.0 cm³/mol. The van der Waals surface area contributed by atoms with Crippen LogP contribution in [0.2, 0.25) is 0 Å². The summed E-state index contributed by atoms with van der Waals surface area (Å²) in [4.78, 5) is 23.4. The van der Waals surface area contributed by atoms with Gasteiger partial charge in [-0.1, -0.05) is 0 Å². The van der Waals surface area contributed by atoms with Crippen LogP contribution in [-0.4, -0.2) is 51.1 Å². The second-order valence-electron chi connectivity index (χ2n) is 6.49. The number of carbonyl (C=O) groups is 1. The Labute approximate surface area is 145 Å². The highest BCUT2D eigenvalue weighted by atomic mass is 32.1. The number of imidazole rings is 1. The second kappa shape index (κ2) is 7.03. The second-order valence-corrected chi connectivity index (χ2v) is 7.21. The first-order valence-electron chi connectivity index (χ1n) is 8.60. The third-order valence-corrected chi connectivity index (χ3v) is 5.58. The Morgan fingerprint density at radius 2 is 2.17 bits per heavy atom. The molecule has 0 N–H and O–H groups in total. The minimum Gasteiger partial charge on any atom is -0.368 e. The molecule has 2 aromatic rings. The number of amides is 1. The Bertz CT molecular complexity index is 671. The van der Waals surface area contributed by atoms with Crippen molar-refractivity contribution in [1.29, 1.82) is 0 Å². The van der Waals surface area contributed by atoms with Gasteiger partial charge < -0.3 is 14.2 Å². The van der Waals surface area contributed by atoms with Gasteiger partial charge in [0.15, 0.2) is 0 Å². The monoisotopic (exact) mass is 346 g/mol. The van der Waals surface area contributed by atoms with E-state index in [-0.39, 0.29) is 12.0 Å². The van der Waals surface area contributed by atoms with Crippen LogP contribution in [0.5, 0.6) is 0 Å². The van der Waals surface area contributed by atoms with Crippen molar-refractivity contribution in [3.05, 3.63) is 34.8 Å². The molecule has 0 saturated carbocycles.